The topological polar surface area (TPSA) is 112 Å². The highest BCUT2D eigenvalue weighted by atomic mass is 19.1. The number of aromatic nitrogens is 2. The molecule has 0 fully saturated rings. The zero-order chi connectivity index (χ0) is 15.6. The van der Waals surface area contributed by atoms with Crippen molar-refractivity contribution >= 4 is 17.6 Å². The van der Waals surface area contributed by atoms with Crippen molar-refractivity contribution < 1.29 is 23.5 Å². The summed E-state index contributed by atoms with van der Waals surface area (Å²) in [4.78, 5) is 39.0. The maximum atomic E-state index is 13.5. The van der Waals surface area contributed by atoms with E-state index in [2.05, 4.69) is 9.97 Å². The first-order chi connectivity index (χ1) is 9.88. The summed E-state index contributed by atoms with van der Waals surface area (Å²) in [7, 11) is 0. The molecule has 0 bridgehead atoms. The molecule has 0 radical (unpaired) electrons. The number of nitrogens with one attached hydrogen (secondary N) is 2. The van der Waals surface area contributed by atoms with Gasteiger partial charge in [0.1, 0.15) is 17.3 Å². The first-order valence-corrected chi connectivity index (χ1v) is 5.47. The van der Waals surface area contributed by atoms with Crippen molar-refractivity contribution in [1.82, 2.24) is 9.97 Å². The van der Waals surface area contributed by atoms with E-state index in [1.54, 1.807) is 0 Å². The van der Waals surface area contributed by atoms with Gasteiger partial charge < -0.3 is 15.4 Å². The molecule has 3 N–H and O–H groups in total. The van der Waals surface area contributed by atoms with Gasteiger partial charge in [0.25, 0.3) is 11.5 Å². The summed E-state index contributed by atoms with van der Waals surface area (Å²) in [5.74, 6) is -4.91. The number of anilines is 1. The molecule has 2 rings (SSSR count). The fraction of sp³-hybridized carbons (Fsp3) is 0. The van der Waals surface area contributed by atoms with Crippen LogP contribution < -0.4 is 10.9 Å². The molecule has 0 aliphatic heterocycles. The minimum Gasteiger partial charge on any atom is -0.478 e. The maximum absolute atomic E-state index is 13.5. The number of hydrogen-bond acceptors (Lipinski definition) is 4. The second kappa shape index (κ2) is 5.49. The van der Waals surface area contributed by atoms with Crippen LogP contribution in [0.2, 0.25) is 0 Å². The van der Waals surface area contributed by atoms with Gasteiger partial charge in [-0.25, -0.2) is 18.6 Å². The molecular weight excluding hydrogens is 288 g/mol. The van der Waals surface area contributed by atoms with Gasteiger partial charge in [-0.3, -0.25) is 9.59 Å². The van der Waals surface area contributed by atoms with Crippen molar-refractivity contribution in [2.75, 3.05) is 5.32 Å². The highest BCUT2D eigenvalue weighted by Crippen LogP contribution is 2.20. The number of benzene rings is 1. The SMILES string of the molecule is O=C(Nc1cc(C(=O)O)c(F)cc1F)c1c[nH]c(=O)cn1. The number of carbonyl (C=O) groups excluding carboxylic acids is 1. The Bertz CT molecular complexity index is 768. The smallest absolute Gasteiger partial charge is 0.338 e. The average molecular weight is 295 g/mol. The van der Waals surface area contributed by atoms with Crippen molar-refractivity contribution in [1.29, 1.82) is 0 Å². The number of carboxylic acids is 1. The monoisotopic (exact) mass is 295 g/mol. The summed E-state index contributed by atoms with van der Waals surface area (Å²) in [6, 6.07) is 0.996. The summed E-state index contributed by atoms with van der Waals surface area (Å²) in [6.07, 6.45) is 1.84. The van der Waals surface area contributed by atoms with Crippen LogP contribution in [0, 0.1) is 11.6 Å². The number of hydrogen-bond donors (Lipinski definition) is 3. The lowest BCUT2D eigenvalue weighted by Gasteiger charge is -2.07. The Morgan fingerprint density at radius 2 is 1.95 bits per heavy atom. The fourth-order valence-corrected chi connectivity index (χ4v) is 1.46. The van der Waals surface area contributed by atoms with Crippen LogP contribution >= 0.6 is 0 Å². The van der Waals surface area contributed by atoms with Gasteiger partial charge in [0.15, 0.2) is 0 Å². The van der Waals surface area contributed by atoms with Crippen molar-refractivity contribution in [2.24, 2.45) is 0 Å². The molecule has 1 heterocycles. The molecule has 0 unspecified atom stereocenters. The van der Waals surface area contributed by atoms with Crippen LogP contribution in [-0.4, -0.2) is 27.0 Å². The third-order valence-electron chi connectivity index (χ3n) is 2.44. The van der Waals surface area contributed by atoms with Crippen LogP contribution in [0.25, 0.3) is 0 Å². The van der Waals surface area contributed by atoms with Gasteiger partial charge in [0.05, 0.1) is 17.4 Å². The quantitative estimate of drug-likeness (QED) is 0.782. The third kappa shape index (κ3) is 3.08. The molecule has 0 saturated heterocycles. The molecule has 0 aliphatic carbocycles. The molecule has 1 amide bonds. The molecule has 2 aromatic rings. The van der Waals surface area contributed by atoms with Crippen LogP contribution in [0.15, 0.2) is 29.3 Å². The molecule has 108 valence electrons. The summed E-state index contributed by atoms with van der Waals surface area (Å²) in [6.45, 7) is 0. The van der Waals surface area contributed by atoms with Crippen LogP contribution in [0.4, 0.5) is 14.5 Å². The van der Waals surface area contributed by atoms with Crippen molar-refractivity contribution in [2.45, 2.75) is 0 Å². The van der Waals surface area contributed by atoms with E-state index < -0.39 is 40.3 Å². The Balaban J connectivity index is 2.33. The van der Waals surface area contributed by atoms with Crippen LogP contribution in [0.3, 0.4) is 0 Å². The summed E-state index contributed by atoms with van der Waals surface area (Å²) in [5, 5.41) is 10.8. The Kier molecular flexibility index (Phi) is 3.74. The van der Waals surface area contributed by atoms with Gasteiger partial charge in [-0.05, 0) is 6.07 Å². The van der Waals surface area contributed by atoms with Crippen molar-refractivity contribution in [3.63, 3.8) is 0 Å². The van der Waals surface area contributed by atoms with Crippen LogP contribution in [-0.2, 0) is 0 Å². The van der Waals surface area contributed by atoms with Crippen LogP contribution in [0.1, 0.15) is 20.8 Å². The molecule has 0 atom stereocenters. The number of amides is 1. The predicted molar refractivity (Wildman–Crippen MR) is 66.1 cm³/mol. The number of nitrogens with zero attached hydrogens (tertiary/aromatic N) is 1. The first kappa shape index (κ1) is 14.3. The molecular formula is C12H7F2N3O4. The van der Waals surface area contributed by atoms with Crippen molar-refractivity contribution in [3.8, 4) is 0 Å². The molecule has 0 spiro atoms. The lowest BCUT2D eigenvalue weighted by atomic mass is 10.1. The second-order valence-electron chi connectivity index (χ2n) is 3.87. The molecule has 21 heavy (non-hydrogen) atoms. The maximum Gasteiger partial charge on any atom is 0.338 e. The number of aromatic carboxylic acids is 1. The molecule has 7 nitrogen and oxygen atoms in total. The average Bonchev–Trinajstić information content (AvgIpc) is 2.42. The molecule has 1 aromatic carbocycles. The van der Waals surface area contributed by atoms with Gasteiger partial charge in [-0.1, -0.05) is 0 Å². The highest BCUT2D eigenvalue weighted by Gasteiger charge is 2.17. The summed E-state index contributed by atoms with van der Waals surface area (Å²) >= 11 is 0. The number of carbonyl (C=O) groups is 2. The Labute approximate surface area is 115 Å². The summed E-state index contributed by atoms with van der Waals surface area (Å²) in [5.41, 5.74) is -2.07. The number of carboxylic acid groups (broad SMARTS) is 1. The predicted octanol–water partition coefficient (Wildman–Crippen LogP) is 0.999. The fourth-order valence-electron chi connectivity index (χ4n) is 1.46. The summed E-state index contributed by atoms with van der Waals surface area (Å²) < 4.78 is 26.7. The third-order valence-corrected chi connectivity index (χ3v) is 2.44. The van der Waals surface area contributed by atoms with Gasteiger partial charge in [-0.15, -0.1) is 0 Å². The first-order valence-electron chi connectivity index (χ1n) is 5.47. The van der Waals surface area contributed by atoms with E-state index in [1.165, 1.54) is 0 Å². The van der Waals surface area contributed by atoms with E-state index in [1.807, 2.05) is 5.32 Å². The molecule has 0 aliphatic rings. The normalized spacial score (nSPS) is 10.2. The van der Waals surface area contributed by atoms with Crippen molar-refractivity contribution in [3.05, 3.63) is 57.8 Å². The van der Waals surface area contributed by atoms with E-state index in [0.717, 1.165) is 12.4 Å². The number of halogens is 2. The Morgan fingerprint density at radius 1 is 1.24 bits per heavy atom. The van der Waals surface area contributed by atoms with E-state index >= 15 is 0 Å². The lowest BCUT2D eigenvalue weighted by molar-refractivity contribution is 0.0691. The second-order valence-corrected chi connectivity index (χ2v) is 3.87. The zero-order valence-corrected chi connectivity index (χ0v) is 10.2. The molecule has 9 heteroatoms. The van der Waals surface area contributed by atoms with Gasteiger partial charge in [-0.2, -0.15) is 0 Å². The molecule has 1 aromatic heterocycles. The Morgan fingerprint density at radius 3 is 2.52 bits per heavy atom. The standard InChI is InChI=1S/C12H7F2N3O4/c13-6-2-7(14)8(1-5(6)12(20)21)17-11(19)9-3-16-10(18)4-15-9/h1-4H,(H,16,18)(H,17,19)(H,20,21). The van der Waals surface area contributed by atoms with E-state index in [4.69, 9.17) is 5.11 Å². The number of rotatable bonds is 3. The zero-order valence-electron chi connectivity index (χ0n) is 10.2. The highest BCUT2D eigenvalue weighted by molar-refractivity contribution is 6.03. The van der Waals surface area contributed by atoms with Crippen LogP contribution in [0.5, 0.6) is 0 Å². The molecule has 0 saturated carbocycles. The van der Waals surface area contributed by atoms with Gasteiger partial charge in [0, 0.05) is 12.3 Å². The minimum atomic E-state index is -1.61. The van der Waals surface area contributed by atoms with E-state index in [-0.39, 0.29) is 5.69 Å². The van der Waals surface area contributed by atoms with E-state index in [0.29, 0.717) is 12.1 Å². The number of aromatic amines is 1. The largest absolute Gasteiger partial charge is 0.478 e. The Hall–Kier alpha value is -3.10. The van der Waals surface area contributed by atoms with Gasteiger partial charge in [0.2, 0.25) is 0 Å². The lowest BCUT2D eigenvalue weighted by Crippen LogP contribution is -2.18. The number of H-pyrrole nitrogens is 1. The van der Waals surface area contributed by atoms with E-state index in [9.17, 15) is 23.2 Å². The minimum absolute atomic E-state index is 0.227. The van der Waals surface area contributed by atoms with Gasteiger partial charge >= 0.3 is 5.97 Å².